The molecule has 1 heterocycles. The maximum Gasteiger partial charge on any atom is 0.123 e. The minimum atomic E-state index is 0.264. The van der Waals surface area contributed by atoms with Gasteiger partial charge in [-0.3, -0.25) is 0 Å². The molecule has 1 aromatic carbocycles. The van der Waals surface area contributed by atoms with E-state index in [0.29, 0.717) is 6.04 Å². The van der Waals surface area contributed by atoms with Crippen LogP contribution in [0.4, 0.5) is 0 Å². The van der Waals surface area contributed by atoms with Crippen molar-refractivity contribution in [2.45, 2.75) is 25.5 Å². The first-order chi connectivity index (χ1) is 6.31. The average molecular weight is 177 g/mol. The first-order valence-corrected chi connectivity index (χ1v) is 4.73. The van der Waals surface area contributed by atoms with Gasteiger partial charge in [0.25, 0.3) is 0 Å². The van der Waals surface area contributed by atoms with E-state index in [1.807, 2.05) is 19.2 Å². The van der Waals surface area contributed by atoms with Gasteiger partial charge in [-0.15, -0.1) is 0 Å². The first-order valence-electron chi connectivity index (χ1n) is 4.73. The molecular weight excluding hydrogens is 162 g/mol. The number of fused-ring (bicyclic) bond motifs is 1. The van der Waals surface area contributed by atoms with E-state index in [0.717, 1.165) is 12.2 Å². The second kappa shape index (κ2) is 3.38. The van der Waals surface area contributed by atoms with Crippen LogP contribution in [0.25, 0.3) is 0 Å². The van der Waals surface area contributed by atoms with E-state index in [4.69, 9.17) is 4.74 Å². The number of benzene rings is 1. The molecule has 2 heteroatoms. The summed E-state index contributed by atoms with van der Waals surface area (Å²) in [5.41, 5.74) is 1.31. The highest BCUT2D eigenvalue weighted by Crippen LogP contribution is 2.26. The zero-order chi connectivity index (χ0) is 9.26. The van der Waals surface area contributed by atoms with Crippen LogP contribution in [-0.4, -0.2) is 19.2 Å². The Kier molecular flexibility index (Phi) is 2.23. The van der Waals surface area contributed by atoms with Crippen molar-refractivity contribution in [3.8, 4) is 5.75 Å². The molecule has 0 saturated heterocycles. The zero-order valence-electron chi connectivity index (χ0n) is 8.08. The first kappa shape index (κ1) is 8.57. The normalized spacial score (nSPS) is 26.3. The summed E-state index contributed by atoms with van der Waals surface area (Å²) in [5.74, 6) is 1.04. The molecule has 2 unspecified atom stereocenters. The molecule has 1 aliphatic heterocycles. The van der Waals surface area contributed by atoms with Gasteiger partial charge in [0.2, 0.25) is 0 Å². The van der Waals surface area contributed by atoms with Crippen LogP contribution < -0.4 is 10.1 Å². The summed E-state index contributed by atoms with van der Waals surface area (Å²) in [7, 11) is 1.98. The maximum atomic E-state index is 5.77. The van der Waals surface area contributed by atoms with Crippen molar-refractivity contribution >= 4 is 0 Å². The zero-order valence-corrected chi connectivity index (χ0v) is 8.08. The van der Waals surface area contributed by atoms with Crippen LogP contribution in [0.15, 0.2) is 24.3 Å². The fourth-order valence-electron chi connectivity index (χ4n) is 1.81. The second-order valence-corrected chi connectivity index (χ2v) is 3.53. The van der Waals surface area contributed by atoms with Gasteiger partial charge in [0, 0.05) is 6.04 Å². The van der Waals surface area contributed by atoms with Crippen LogP contribution in [0.1, 0.15) is 12.5 Å². The quantitative estimate of drug-likeness (QED) is 0.703. The van der Waals surface area contributed by atoms with E-state index >= 15 is 0 Å². The monoisotopic (exact) mass is 177 g/mol. The fourth-order valence-corrected chi connectivity index (χ4v) is 1.81. The maximum absolute atomic E-state index is 5.77. The third kappa shape index (κ3) is 1.54. The number of para-hydroxylation sites is 1. The molecule has 1 aromatic rings. The van der Waals surface area contributed by atoms with Crippen LogP contribution in [0.5, 0.6) is 5.75 Å². The molecule has 2 atom stereocenters. The number of ether oxygens (including phenoxy) is 1. The highest BCUT2D eigenvalue weighted by Gasteiger charge is 2.24. The summed E-state index contributed by atoms with van der Waals surface area (Å²) in [6.45, 7) is 2.11. The average Bonchev–Trinajstić information content (AvgIpc) is 2.17. The summed E-state index contributed by atoms with van der Waals surface area (Å²) < 4.78 is 5.77. The van der Waals surface area contributed by atoms with Crippen LogP contribution in [-0.2, 0) is 6.42 Å². The van der Waals surface area contributed by atoms with Gasteiger partial charge < -0.3 is 10.1 Å². The smallest absolute Gasteiger partial charge is 0.123 e. The lowest BCUT2D eigenvalue weighted by Crippen LogP contribution is -2.43. The van der Waals surface area contributed by atoms with Gasteiger partial charge in [-0.25, -0.2) is 0 Å². The molecule has 0 radical (unpaired) electrons. The van der Waals surface area contributed by atoms with E-state index < -0.39 is 0 Å². The van der Waals surface area contributed by atoms with Gasteiger partial charge in [0.1, 0.15) is 11.9 Å². The summed E-state index contributed by atoms with van der Waals surface area (Å²) in [6, 6.07) is 8.69. The number of likely N-dealkylation sites (N-methyl/N-ethyl adjacent to an activating group) is 1. The van der Waals surface area contributed by atoms with E-state index in [9.17, 15) is 0 Å². The second-order valence-electron chi connectivity index (χ2n) is 3.53. The molecule has 0 bridgehead atoms. The van der Waals surface area contributed by atoms with Crippen molar-refractivity contribution in [3.05, 3.63) is 29.8 Å². The fraction of sp³-hybridized carbons (Fsp3) is 0.455. The lowest BCUT2D eigenvalue weighted by atomic mass is 9.98. The molecule has 70 valence electrons. The topological polar surface area (TPSA) is 21.3 Å². The highest BCUT2D eigenvalue weighted by molar-refractivity contribution is 5.36. The standard InChI is InChI=1S/C11H15NO/c1-8-10(12-2)7-9-5-3-4-6-11(9)13-8/h3-6,8,10,12H,7H2,1-2H3. The Labute approximate surface area is 78.9 Å². The van der Waals surface area contributed by atoms with E-state index in [1.54, 1.807) is 0 Å². The predicted molar refractivity (Wildman–Crippen MR) is 53.1 cm³/mol. The van der Waals surface area contributed by atoms with Crippen molar-refractivity contribution in [3.63, 3.8) is 0 Å². The van der Waals surface area contributed by atoms with Crippen LogP contribution in [0.3, 0.4) is 0 Å². The van der Waals surface area contributed by atoms with Crippen LogP contribution in [0, 0.1) is 0 Å². The van der Waals surface area contributed by atoms with Gasteiger partial charge >= 0.3 is 0 Å². The molecule has 1 aliphatic rings. The lowest BCUT2D eigenvalue weighted by molar-refractivity contribution is 0.154. The summed E-state index contributed by atoms with van der Waals surface area (Å²) >= 11 is 0. The number of nitrogens with one attached hydrogen (secondary N) is 1. The SMILES string of the molecule is CNC1Cc2ccccc2OC1C. The Morgan fingerprint density at radius 2 is 2.15 bits per heavy atom. The van der Waals surface area contributed by atoms with Crippen LogP contribution >= 0.6 is 0 Å². The van der Waals surface area contributed by atoms with E-state index in [-0.39, 0.29) is 6.10 Å². The van der Waals surface area contributed by atoms with E-state index in [2.05, 4.69) is 24.4 Å². The molecule has 0 aliphatic carbocycles. The molecule has 0 aromatic heterocycles. The van der Waals surface area contributed by atoms with Crippen LogP contribution in [0.2, 0.25) is 0 Å². The minimum Gasteiger partial charge on any atom is -0.489 e. The number of hydrogen-bond acceptors (Lipinski definition) is 2. The lowest BCUT2D eigenvalue weighted by Gasteiger charge is -2.31. The third-order valence-electron chi connectivity index (χ3n) is 2.66. The number of rotatable bonds is 1. The van der Waals surface area contributed by atoms with Crippen molar-refractivity contribution in [2.24, 2.45) is 0 Å². The molecular formula is C11H15NO. The van der Waals surface area contributed by atoms with Gasteiger partial charge in [-0.2, -0.15) is 0 Å². The van der Waals surface area contributed by atoms with Crippen molar-refractivity contribution < 1.29 is 4.74 Å². The Morgan fingerprint density at radius 3 is 2.92 bits per heavy atom. The molecule has 0 saturated carbocycles. The minimum absolute atomic E-state index is 0.264. The molecule has 0 spiro atoms. The molecule has 0 fully saturated rings. The molecule has 0 amide bonds. The number of hydrogen-bond donors (Lipinski definition) is 1. The van der Waals surface area contributed by atoms with Gasteiger partial charge in [-0.1, -0.05) is 18.2 Å². The van der Waals surface area contributed by atoms with Crippen molar-refractivity contribution in [2.75, 3.05) is 7.05 Å². The van der Waals surface area contributed by atoms with Gasteiger partial charge in [0.15, 0.2) is 0 Å². The molecule has 2 rings (SSSR count). The largest absolute Gasteiger partial charge is 0.489 e. The molecule has 1 N–H and O–H groups in total. The van der Waals surface area contributed by atoms with Crippen molar-refractivity contribution in [1.29, 1.82) is 0 Å². The summed E-state index contributed by atoms with van der Waals surface area (Å²) in [6.07, 6.45) is 1.33. The van der Waals surface area contributed by atoms with Gasteiger partial charge in [0.05, 0.1) is 0 Å². The Balaban J connectivity index is 2.27. The molecule has 13 heavy (non-hydrogen) atoms. The Bertz CT molecular complexity index is 298. The van der Waals surface area contributed by atoms with E-state index in [1.165, 1.54) is 5.56 Å². The third-order valence-corrected chi connectivity index (χ3v) is 2.66. The van der Waals surface area contributed by atoms with Gasteiger partial charge in [-0.05, 0) is 32.0 Å². The molecule has 2 nitrogen and oxygen atoms in total. The van der Waals surface area contributed by atoms with Crippen molar-refractivity contribution in [1.82, 2.24) is 5.32 Å². The highest BCUT2D eigenvalue weighted by atomic mass is 16.5. The summed E-state index contributed by atoms with van der Waals surface area (Å²) in [4.78, 5) is 0. The predicted octanol–water partition coefficient (Wildman–Crippen LogP) is 1.60. The summed E-state index contributed by atoms with van der Waals surface area (Å²) in [5, 5.41) is 3.27. The Morgan fingerprint density at radius 1 is 1.38 bits per heavy atom. The Hall–Kier alpha value is -1.02.